The first kappa shape index (κ1) is 17.9. The molecule has 0 unspecified atom stereocenters. The van der Waals surface area contributed by atoms with E-state index in [-0.39, 0.29) is 5.41 Å². The maximum atomic E-state index is 11.7. The number of rotatable bonds is 2. The Morgan fingerprint density at radius 2 is 2.04 bits per heavy atom. The monoisotopic (exact) mass is 375 g/mol. The highest BCUT2D eigenvalue weighted by Gasteiger charge is 2.60. The molecule has 2 N–H and O–H groups in total. The highest BCUT2D eigenvalue weighted by Crippen LogP contribution is 2.64. The summed E-state index contributed by atoms with van der Waals surface area (Å²) in [7, 11) is 0. The third kappa shape index (κ3) is 2.63. The number of aliphatic hydroxyl groups is 1. The van der Waals surface area contributed by atoms with Gasteiger partial charge in [0.15, 0.2) is 0 Å². The van der Waals surface area contributed by atoms with E-state index in [2.05, 4.69) is 24.1 Å². The zero-order valence-electron chi connectivity index (χ0n) is 16.5. The number of aromatic nitrogens is 1. The van der Waals surface area contributed by atoms with Crippen LogP contribution in [0.5, 0.6) is 5.75 Å². The van der Waals surface area contributed by atoms with Crippen molar-refractivity contribution >= 4 is 6.08 Å². The number of hydrogen-bond donors (Lipinski definition) is 2. The van der Waals surface area contributed by atoms with Crippen LogP contribution in [0.25, 0.3) is 6.08 Å². The molecule has 1 heterocycles. The molecule has 0 amide bonds. The van der Waals surface area contributed by atoms with Crippen LogP contribution in [0.1, 0.15) is 61.6 Å². The third-order valence-corrected chi connectivity index (χ3v) is 8.16. The zero-order chi connectivity index (χ0) is 19.4. The van der Waals surface area contributed by atoms with Gasteiger partial charge in [-0.15, -0.1) is 0 Å². The van der Waals surface area contributed by atoms with Gasteiger partial charge in [0, 0.05) is 17.8 Å². The number of fused-ring (bicyclic) bond motifs is 5. The molecule has 28 heavy (non-hydrogen) atoms. The molecule has 3 nitrogen and oxygen atoms in total. The molecule has 3 heteroatoms. The number of phenols is 1. The first-order valence-electron chi connectivity index (χ1n) is 10.6. The van der Waals surface area contributed by atoms with Gasteiger partial charge < -0.3 is 10.2 Å². The van der Waals surface area contributed by atoms with Crippen LogP contribution in [0, 0.1) is 17.3 Å². The molecule has 0 aliphatic heterocycles. The predicted molar refractivity (Wildman–Crippen MR) is 111 cm³/mol. The average molecular weight is 376 g/mol. The summed E-state index contributed by atoms with van der Waals surface area (Å²) in [5, 5.41) is 21.5. The number of phenolic OH excluding ortho intramolecular Hbond substituents is 1. The summed E-state index contributed by atoms with van der Waals surface area (Å²) in [5.41, 5.74) is 3.00. The first-order valence-corrected chi connectivity index (χ1v) is 10.6. The Morgan fingerprint density at radius 3 is 2.86 bits per heavy atom. The summed E-state index contributed by atoms with van der Waals surface area (Å²) in [6, 6.07) is 9.92. The molecule has 5 rings (SSSR count). The van der Waals surface area contributed by atoms with Crippen molar-refractivity contribution < 1.29 is 10.2 Å². The summed E-state index contributed by atoms with van der Waals surface area (Å²) >= 11 is 0. The van der Waals surface area contributed by atoms with Crippen molar-refractivity contribution in [2.75, 3.05) is 0 Å². The molecule has 1 aromatic heterocycles. The van der Waals surface area contributed by atoms with Crippen LogP contribution in [0.2, 0.25) is 0 Å². The van der Waals surface area contributed by atoms with Crippen molar-refractivity contribution in [3.63, 3.8) is 0 Å². The van der Waals surface area contributed by atoms with Crippen LogP contribution in [-0.4, -0.2) is 20.8 Å². The van der Waals surface area contributed by atoms with Crippen molar-refractivity contribution in [2.24, 2.45) is 17.3 Å². The van der Waals surface area contributed by atoms with E-state index in [0.717, 1.165) is 37.7 Å². The van der Waals surface area contributed by atoms with Crippen molar-refractivity contribution in [1.82, 2.24) is 4.98 Å². The Bertz CT molecular complexity index is 908. The predicted octanol–water partition coefficient (Wildman–Crippen LogP) is 5.09. The average Bonchev–Trinajstić information content (AvgIpc) is 2.98. The lowest BCUT2D eigenvalue weighted by molar-refractivity contribution is -0.0705. The van der Waals surface area contributed by atoms with Crippen molar-refractivity contribution in [3.8, 4) is 5.75 Å². The number of aryl methyl sites for hydroxylation is 1. The molecule has 0 saturated heterocycles. The van der Waals surface area contributed by atoms with Crippen molar-refractivity contribution in [1.29, 1.82) is 0 Å². The van der Waals surface area contributed by atoms with Crippen LogP contribution >= 0.6 is 0 Å². The lowest BCUT2D eigenvalue weighted by atomic mass is 9.53. The highest BCUT2D eigenvalue weighted by atomic mass is 16.3. The number of benzene rings is 1. The lowest BCUT2D eigenvalue weighted by Crippen LogP contribution is -2.49. The normalized spacial score (nSPS) is 36.7. The van der Waals surface area contributed by atoms with Crippen LogP contribution < -0.4 is 0 Å². The van der Waals surface area contributed by atoms with Gasteiger partial charge in [0.25, 0.3) is 0 Å². The maximum Gasteiger partial charge on any atom is 0.115 e. The second kappa shape index (κ2) is 6.45. The Hall–Kier alpha value is -2.13. The molecule has 1 aromatic carbocycles. The smallest absolute Gasteiger partial charge is 0.115 e. The van der Waals surface area contributed by atoms with Gasteiger partial charge in [-0.05, 0) is 91.2 Å². The number of pyridine rings is 1. The van der Waals surface area contributed by atoms with Gasteiger partial charge in [0.2, 0.25) is 0 Å². The van der Waals surface area contributed by atoms with Gasteiger partial charge in [-0.25, -0.2) is 0 Å². The Kier molecular flexibility index (Phi) is 4.13. The van der Waals surface area contributed by atoms with Crippen LogP contribution in [0.3, 0.4) is 0 Å². The maximum absolute atomic E-state index is 11.7. The summed E-state index contributed by atoms with van der Waals surface area (Å²) in [6.45, 7) is 2.32. The molecule has 2 fully saturated rings. The fourth-order valence-corrected chi connectivity index (χ4v) is 6.60. The van der Waals surface area contributed by atoms with Gasteiger partial charge in [0.05, 0.1) is 5.60 Å². The molecule has 146 valence electrons. The number of aromatic hydroxyl groups is 1. The fraction of sp³-hybridized carbons (Fsp3) is 0.480. The molecular formula is C25H29NO2. The summed E-state index contributed by atoms with van der Waals surface area (Å²) in [4.78, 5) is 4.18. The van der Waals surface area contributed by atoms with Gasteiger partial charge in [0.1, 0.15) is 5.75 Å². The Morgan fingerprint density at radius 1 is 1.14 bits per heavy atom. The zero-order valence-corrected chi connectivity index (χ0v) is 16.5. The van der Waals surface area contributed by atoms with E-state index in [0.29, 0.717) is 23.5 Å². The second-order valence-corrected chi connectivity index (χ2v) is 9.34. The quantitative estimate of drug-likeness (QED) is 0.769. The summed E-state index contributed by atoms with van der Waals surface area (Å²) in [5.74, 6) is 2.15. The first-order chi connectivity index (χ1) is 13.5. The minimum absolute atomic E-state index is 0.0682. The molecule has 2 aromatic rings. The van der Waals surface area contributed by atoms with E-state index in [1.54, 1.807) is 6.20 Å². The molecule has 5 atom stereocenters. The molecule has 0 radical (unpaired) electrons. The van der Waals surface area contributed by atoms with Crippen LogP contribution in [0.15, 0.2) is 48.8 Å². The largest absolute Gasteiger partial charge is 0.508 e. The number of nitrogens with zero attached hydrogens (tertiary/aromatic N) is 1. The Labute approximate surface area is 167 Å². The van der Waals surface area contributed by atoms with Gasteiger partial charge in [-0.1, -0.05) is 31.2 Å². The third-order valence-electron chi connectivity index (χ3n) is 8.16. The van der Waals surface area contributed by atoms with Crippen LogP contribution in [-0.2, 0) is 6.42 Å². The minimum atomic E-state index is -0.742. The Balaban J connectivity index is 1.44. The van der Waals surface area contributed by atoms with E-state index in [4.69, 9.17) is 0 Å². The van der Waals surface area contributed by atoms with E-state index in [9.17, 15) is 10.2 Å². The topological polar surface area (TPSA) is 53.4 Å². The van der Waals surface area contributed by atoms with Crippen molar-refractivity contribution in [2.45, 2.75) is 57.0 Å². The van der Waals surface area contributed by atoms with E-state index >= 15 is 0 Å². The molecule has 3 aliphatic rings. The standard InChI is InChI=1S/C25H29NO2/c1-24-11-9-21-20-7-5-19(27)15-18(20)4-6-22(21)23(24)10-13-25(24,28)12-8-17-3-2-14-26-16-17/h2-3,5,7-8,12,14-16,21-23,27-28H,4,6,9-11,13H2,1H3/b12-8+/t21-,22-,23+,24+,25+/m1/s1. The van der Waals surface area contributed by atoms with Gasteiger partial charge >= 0.3 is 0 Å². The minimum Gasteiger partial charge on any atom is -0.508 e. The van der Waals surface area contributed by atoms with E-state index in [1.165, 1.54) is 17.5 Å². The lowest BCUT2D eigenvalue weighted by Gasteiger charge is -2.52. The molecular weight excluding hydrogens is 346 g/mol. The second-order valence-electron chi connectivity index (χ2n) is 9.34. The SMILES string of the molecule is C[C@]12CC[C@@H]3c4ccc(O)cc4CC[C@H]3[C@@H]1CC[C@@]2(O)/C=C/c1cccnc1. The van der Waals surface area contributed by atoms with E-state index in [1.807, 2.05) is 36.5 Å². The fourth-order valence-electron chi connectivity index (χ4n) is 6.60. The van der Waals surface area contributed by atoms with Gasteiger partial charge in [-0.3, -0.25) is 4.98 Å². The molecule has 2 saturated carbocycles. The molecule has 0 bridgehead atoms. The van der Waals surface area contributed by atoms with E-state index < -0.39 is 5.60 Å². The summed E-state index contributed by atoms with van der Waals surface area (Å²) in [6.07, 6.45) is 14.1. The summed E-state index contributed by atoms with van der Waals surface area (Å²) < 4.78 is 0. The van der Waals surface area contributed by atoms with Crippen molar-refractivity contribution in [3.05, 3.63) is 65.5 Å². The van der Waals surface area contributed by atoms with Gasteiger partial charge in [-0.2, -0.15) is 0 Å². The molecule has 3 aliphatic carbocycles. The highest BCUT2D eigenvalue weighted by molar-refractivity contribution is 5.50. The molecule has 0 spiro atoms. The van der Waals surface area contributed by atoms with Crippen LogP contribution in [0.4, 0.5) is 0 Å². The number of hydrogen-bond acceptors (Lipinski definition) is 3.